The van der Waals surface area contributed by atoms with Crippen LogP contribution in [0.2, 0.25) is 0 Å². The summed E-state index contributed by atoms with van der Waals surface area (Å²) >= 11 is 0. The van der Waals surface area contributed by atoms with E-state index in [9.17, 15) is 0 Å². The van der Waals surface area contributed by atoms with E-state index in [0.29, 0.717) is 5.88 Å². The first-order valence-electron chi connectivity index (χ1n) is 11.6. The summed E-state index contributed by atoms with van der Waals surface area (Å²) in [5, 5.41) is 4.91. The van der Waals surface area contributed by atoms with Gasteiger partial charge in [0.25, 0.3) is 0 Å². The van der Waals surface area contributed by atoms with Crippen LogP contribution in [0.25, 0.3) is 11.4 Å². The fourth-order valence-corrected chi connectivity index (χ4v) is 4.93. The van der Waals surface area contributed by atoms with Crippen LogP contribution in [0, 0.1) is 6.92 Å². The van der Waals surface area contributed by atoms with Crippen LogP contribution in [0.4, 0.5) is 5.82 Å². The number of hydrogen-bond donors (Lipinski definition) is 2. The standard InChI is InChI=1S/C24H28N8O/c1-16-14-30(15-25-16)21-10-8-19(26-23(21)33-2)20-9-11-22(28-27-20)31-12-5-13-32-24(31)17-6-3-4-7-18(17)29-32/h8-11,14-15,27-28H,3-7,12-13H2,1-2H3. The molecule has 9 nitrogen and oxygen atoms in total. The molecule has 0 atom stereocenters. The molecule has 0 fully saturated rings. The van der Waals surface area contributed by atoms with Gasteiger partial charge in [0.2, 0.25) is 5.88 Å². The number of nitrogens with zero attached hydrogens (tertiary/aromatic N) is 6. The van der Waals surface area contributed by atoms with E-state index in [1.807, 2.05) is 29.8 Å². The molecule has 5 heterocycles. The second kappa shape index (κ2) is 7.99. The monoisotopic (exact) mass is 444 g/mol. The van der Waals surface area contributed by atoms with Gasteiger partial charge in [-0.15, -0.1) is 0 Å². The first-order valence-corrected chi connectivity index (χ1v) is 11.6. The van der Waals surface area contributed by atoms with Crippen molar-refractivity contribution < 1.29 is 4.74 Å². The van der Waals surface area contributed by atoms with E-state index in [1.165, 1.54) is 29.9 Å². The largest absolute Gasteiger partial charge is 0.479 e. The molecule has 3 aromatic heterocycles. The second-order valence-corrected chi connectivity index (χ2v) is 8.71. The van der Waals surface area contributed by atoms with Gasteiger partial charge in [0.1, 0.15) is 17.3 Å². The van der Waals surface area contributed by atoms with E-state index >= 15 is 0 Å². The SMILES string of the molecule is COc1nc(C2=CC=C(N3CCCn4nc5c(c43)CCCC5)NN2)ccc1-n1cnc(C)c1. The Hall–Kier alpha value is -3.75. The molecule has 3 aromatic rings. The summed E-state index contributed by atoms with van der Waals surface area (Å²) in [7, 11) is 1.64. The zero-order chi connectivity index (χ0) is 22.4. The number of rotatable bonds is 4. The molecule has 33 heavy (non-hydrogen) atoms. The lowest BCUT2D eigenvalue weighted by atomic mass is 9.97. The van der Waals surface area contributed by atoms with Gasteiger partial charge >= 0.3 is 0 Å². The highest BCUT2D eigenvalue weighted by atomic mass is 16.5. The van der Waals surface area contributed by atoms with Crippen LogP contribution in [0.1, 0.15) is 41.9 Å². The molecule has 0 aromatic carbocycles. The van der Waals surface area contributed by atoms with Crippen LogP contribution in [0.5, 0.6) is 5.88 Å². The van der Waals surface area contributed by atoms with Gasteiger partial charge in [0.15, 0.2) is 0 Å². The van der Waals surface area contributed by atoms with Gasteiger partial charge in [-0.05, 0) is 63.3 Å². The Kier molecular flexibility index (Phi) is 4.82. The summed E-state index contributed by atoms with van der Waals surface area (Å²) in [6.45, 7) is 3.93. The van der Waals surface area contributed by atoms with Crippen LogP contribution >= 0.6 is 0 Å². The number of hydrogen-bond acceptors (Lipinski definition) is 7. The van der Waals surface area contributed by atoms with Crippen molar-refractivity contribution >= 4 is 11.5 Å². The van der Waals surface area contributed by atoms with Crippen molar-refractivity contribution in [1.29, 1.82) is 0 Å². The van der Waals surface area contributed by atoms with Gasteiger partial charge in [0, 0.05) is 24.8 Å². The molecular weight excluding hydrogens is 416 g/mol. The van der Waals surface area contributed by atoms with Crippen LogP contribution in [0.15, 0.2) is 42.6 Å². The summed E-state index contributed by atoms with van der Waals surface area (Å²) in [5.74, 6) is 2.84. The summed E-state index contributed by atoms with van der Waals surface area (Å²) in [6.07, 6.45) is 13.7. The summed E-state index contributed by atoms with van der Waals surface area (Å²) in [4.78, 5) is 11.4. The quantitative estimate of drug-likeness (QED) is 0.640. The highest BCUT2D eigenvalue weighted by molar-refractivity contribution is 5.67. The first kappa shape index (κ1) is 19.9. The number of allylic oxidation sites excluding steroid dienone is 2. The first-order chi connectivity index (χ1) is 16.2. The third kappa shape index (κ3) is 3.44. The molecule has 0 spiro atoms. The number of pyridine rings is 1. The smallest absolute Gasteiger partial charge is 0.238 e. The summed E-state index contributed by atoms with van der Waals surface area (Å²) in [5.41, 5.74) is 12.9. The van der Waals surface area contributed by atoms with E-state index in [1.54, 1.807) is 13.4 Å². The van der Waals surface area contributed by atoms with Gasteiger partial charge < -0.3 is 14.2 Å². The lowest BCUT2D eigenvalue weighted by Crippen LogP contribution is -2.44. The number of hydrazine groups is 1. The van der Waals surface area contributed by atoms with Crippen LogP contribution in [-0.4, -0.2) is 38.0 Å². The van der Waals surface area contributed by atoms with Gasteiger partial charge in [-0.25, -0.2) is 14.6 Å². The Morgan fingerprint density at radius 2 is 1.94 bits per heavy atom. The van der Waals surface area contributed by atoms with Gasteiger partial charge in [-0.3, -0.25) is 10.9 Å². The van der Waals surface area contributed by atoms with Crippen molar-refractivity contribution in [2.24, 2.45) is 0 Å². The van der Waals surface area contributed by atoms with Crippen molar-refractivity contribution in [2.75, 3.05) is 18.6 Å². The Morgan fingerprint density at radius 1 is 1.03 bits per heavy atom. The molecule has 170 valence electrons. The molecule has 2 N–H and O–H groups in total. The normalized spacial score (nSPS) is 17.3. The van der Waals surface area contributed by atoms with E-state index in [4.69, 9.17) is 14.8 Å². The fourth-order valence-electron chi connectivity index (χ4n) is 4.93. The average Bonchev–Trinajstić information content (AvgIpc) is 3.47. The number of aromatic nitrogens is 5. The number of aryl methyl sites for hydroxylation is 3. The molecule has 9 heteroatoms. The third-order valence-electron chi connectivity index (χ3n) is 6.53. The molecule has 3 aliphatic rings. The summed E-state index contributed by atoms with van der Waals surface area (Å²) < 4.78 is 9.69. The Morgan fingerprint density at radius 3 is 2.73 bits per heavy atom. The minimum absolute atomic E-state index is 0.550. The molecule has 0 amide bonds. The lowest BCUT2D eigenvalue weighted by molar-refractivity contribution is 0.395. The highest BCUT2D eigenvalue weighted by Crippen LogP contribution is 2.35. The number of nitrogens with one attached hydrogen (secondary N) is 2. The predicted octanol–water partition coefficient (Wildman–Crippen LogP) is 2.86. The molecule has 0 saturated carbocycles. The minimum Gasteiger partial charge on any atom is -0.479 e. The van der Waals surface area contributed by atoms with E-state index in [-0.39, 0.29) is 0 Å². The van der Waals surface area contributed by atoms with Crippen molar-refractivity contribution in [2.45, 2.75) is 45.6 Å². The van der Waals surface area contributed by atoms with E-state index < -0.39 is 0 Å². The second-order valence-electron chi connectivity index (χ2n) is 8.71. The topological polar surface area (TPSA) is 85.1 Å². The number of ether oxygens (including phenoxy) is 1. The van der Waals surface area contributed by atoms with Gasteiger partial charge in [0.05, 0.1) is 36.2 Å². The zero-order valence-electron chi connectivity index (χ0n) is 19.0. The fraction of sp³-hybridized carbons (Fsp3) is 0.375. The predicted molar refractivity (Wildman–Crippen MR) is 126 cm³/mol. The zero-order valence-corrected chi connectivity index (χ0v) is 19.0. The Balaban J connectivity index is 1.30. The molecule has 1 aliphatic carbocycles. The van der Waals surface area contributed by atoms with Crippen LogP contribution < -0.4 is 20.5 Å². The Labute approximate surface area is 192 Å². The van der Waals surface area contributed by atoms with Crippen molar-refractivity contribution in [1.82, 2.24) is 35.2 Å². The summed E-state index contributed by atoms with van der Waals surface area (Å²) in [6, 6.07) is 3.98. The number of methoxy groups -OCH3 is 1. The van der Waals surface area contributed by atoms with Gasteiger partial charge in [-0.1, -0.05) is 0 Å². The number of imidazole rings is 1. The van der Waals surface area contributed by atoms with Crippen molar-refractivity contribution in [3.8, 4) is 11.6 Å². The van der Waals surface area contributed by atoms with Crippen molar-refractivity contribution in [3.05, 3.63) is 65.3 Å². The average molecular weight is 445 g/mol. The maximum absolute atomic E-state index is 5.57. The van der Waals surface area contributed by atoms with E-state index in [2.05, 4.69) is 37.6 Å². The molecule has 6 rings (SSSR count). The van der Waals surface area contributed by atoms with Crippen LogP contribution in [-0.2, 0) is 19.4 Å². The Bertz CT molecular complexity index is 1270. The molecular formula is C24H28N8O. The molecule has 0 unspecified atom stereocenters. The minimum atomic E-state index is 0.550. The number of anilines is 1. The van der Waals surface area contributed by atoms with Crippen LogP contribution in [0.3, 0.4) is 0 Å². The lowest BCUT2D eigenvalue weighted by Gasteiger charge is -2.34. The van der Waals surface area contributed by atoms with E-state index in [0.717, 1.165) is 60.9 Å². The highest BCUT2D eigenvalue weighted by Gasteiger charge is 2.29. The molecule has 0 radical (unpaired) electrons. The van der Waals surface area contributed by atoms with Crippen molar-refractivity contribution in [3.63, 3.8) is 0 Å². The number of fused-ring (bicyclic) bond motifs is 3. The third-order valence-corrected chi connectivity index (χ3v) is 6.53. The van der Waals surface area contributed by atoms with Gasteiger partial charge in [-0.2, -0.15) is 5.10 Å². The molecule has 0 saturated heterocycles. The maximum Gasteiger partial charge on any atom is 0.238 e. The molecule has 0 bridgehead atoms. The maximum atomic E-state index is 5.57. The molecule has 2 aliphatic heterocycles.